The highest BCUT2D eigenvalue weighted by atomic mass is 35.5. The predicted molar refractivity (Wildman–Crippen MR) is 108 cm³/mol. The number of methoxy groups -OCH3 is 1. The van der Waals surface area contributed by atoms with E-state index in [4.69, 9.17) is 16.3 Å². The Kier molecular flexibility index (Phi) is 7.18. The maximum atomic E-state index is 12.4. The quantitative estimate of drug-likeness (QED) is 0.666. The van der Waals surface area contributed by atoms with Crippen LogP contribution in [0, 0.1) is 0 Å². The van der Waals surface area contributed by atoms with Crippen LogP contribution in [0.5, 0.6) is 0 Å². The molecule has 2 N–H and O–H groups in total. The van der Waals surface area contributed by atoms with Crippen molar-refractivity contribution in [3.8, 4) is 0 Å². The summed E-state index contributed by atoms with van der Waals surface area (Å²) in [7, 11) is 1.63. The number of ether oxygens (including phenoxy) is 1. The highest BCUT2D eigenvalue weighted by molar-refractivity contribution is 7.13. The van der Waals surface area contributed by atoms with E-state index in [2.05, 4.69) is 20.8 Å². The third-order valence-electron chi connectivity index (χ3n) is 4.34. The summed E-state index contributed by atoms with van der Waals surface area (Å²) in [5, 5.41) is 15.4. The summed E-state index contributed by atoms with van der Waals surface area (Å²) in [5.41, 5.74) is 0.629. The number of urea groups is 1. The molecule has 1 atom stereocenters. The summed E-state index contributed by atoms with van der Waals surface area (Å²) < 4.78 is 4.99. The van der Waals surface area contributed by atoms with Gasteiger partial charge in [0.2, 0.25) is 5.01 Å². The lowest BCUT2D eigenvalue weighted by molar-refractivity contribution is 0.102. The topological polar surface area (TPSA) is 96.4 Å². The summed E-state index contributed by atoms with van der Waals surface area (Å²) in [6.45, 7) is 1.82. The Morgan fingerprint density at radius 1 is 1.32 bits per heavy atom. The number of carbonyl (C=O) groups is 2. The Balaban J connectivity index is 1.60. The molecule has 3 amide bonds. The molecule has 0 radical (unpaired) electrons. The lowest BCUT2D eigenvalue weighted by Crippen LogP contribution is -2.40. The van der Waals surface area contributed by atoms with Crippen LogP contribution in [0.15, 0.2) is 24.3 Å². The van der Waals surface area contributed by atoms with E-state index in [-0.39, 0.29) is 23.0 Å². The number of hydrogen-bond acceptors (Lipinski definition) is 6. The minimum absolute atomic E-state index is 0.124. The van der Waals surface area contributed by atoms with E-state index < -0.39 is 0 Å². The van der Waals surface area contributed by atoms with Crippen molar-refractivity contribution in [1.29, 1.82) is 0 Å². The molecular formula is C18H22ClN5O3S. The maximum Gasteiger partial charge on any atom is 0.317 e. The molecule has 150 valence electrons. The second-order valence-electron chi connectivity index (χ2n) is 6.34. The van der Waals surface area contributed by atoms with Crippen LogP contribution in [0.1, 0.15) is 40.1 Å². The van der Waals surface area contributed by atoms with Gasteiger partial charge in [0.1, 0.15) is 5.01 Å². The van der Waals surface area contributed by atoms with Gasteiger partial charge in [-0.3, -0.25) is 4.79 Å². The zero-order valence-corrected chi connectivity index (χ0v) is 17.1. The van der Waals surface area contributed by atoms with Gasteiger partial charge in [0.25, 0.3) is 5.91 Å². The molecule has 0 bridgehead atoms. The summed E-state index contributed by atoms with van der Waals surface area (Å²) in [4.78, 5) is 26.6. The molecule has 8 nitrogen and oxygen atoms in total. The predicted octanol–water partition coefficient (Wildman–Crippen LogP) is 3.33. The van der Waals surface area contributed by atoms with E-state index in [1.54, 1.807) is 36.3 Å². The summed E-state index contributed by atoms with van der Waals surface area (Å²) in [5.74, 6) is -0.334. The number of nitrogens with zero attached hydrogens (tertiary/aromatic N) is 3. The number of hydrogen-bond donors (Lipinski definition) is 2. The van der Waals surface area contributed by atoms with Crippen LogP contribution in [0.2, 0.25) is 5.02 Å². The summed E-state index contributed by atoms with van der Waals surface area (Å²) in [6.07, 6.45) is 2.45. The molecule has 0 unspecified atom stereocenters. The number of aromatic nitrogens is 2. The second-order valence-corrected chi connectivity index (χ2v) is 7.78. The number of halogens is 1. The third-order valence-corrected chi connectivity index (χ3v) is 5.61. The Hall–Kier alpha value is -2.23. The molecule has 2 aromatic rings. The van der Waals surface area contributed by atoms with Crippen molar-refractivity contribution in [3.05, 3.63) is 39.3 Å². The Morgan fingerprint density at radius 3 is 2.86 bits per heavy atom. The molecule has 1 saturated heterocycles. The molecule has 0 spiro atoms. The normalized spacial score (nSPS) is 16.2. The van der Waals surface area contributed by atoms with Gasteiger partial charge in [-0.25, -0.2) is 4.79 Å². The lowest BCUT2D eigenvalue weighted by Gasteiger charge is -2.23. The average molecular weight is 424 g/mol. The first-order valence-corrected chi connectivity index (χ1v) is 10.2. The number of benzene rings is 1. The van der Waals surface area contributed by atoms with Crippen LogP contribution in [-0.4, -0.2) is 53.8 Å². The Bertz CT molecular complexity index is 814. The molecule has 1 aliphatic heterocycles. The third kappa shape index (κ3) is 5.18. The van der Waals surface area contributed by atoms with Gasteiger partial charge in [-0.15, -0.1) is 10.2 Å². The molecule has 1 aliphatic rings. The van der Waals surface area contributed by atoms with Crippen LogP contribution in [0.3, 0.4) is 0 Å². The number of amides is 3. The molecule has 1 aromatic heterocycles. The van der Waals surface area contributed by atoms with E-state index in [0.717, 1.165) is 19.3 Å². The van der Waals surface area contributed by atoms with Crippen LogP contribution >= 0.6 is 22.9 Å². The van der Waals surface area contributed by atoms with Crippen LogP contribution in [0.25, 0.3) is 0 Å². The first-order chi connectivity index (χ1) is 13.6. The van der Waals surface area contributed by atoms with Crippen molar-refractivity contribution in [2.75, 3.05) is 32.1 Å². The smallest absolute Gasteiger partial charge is 0.317 e. The number of carbonyl (C=O) groups excluding carboxylic acids is 2. The van der Waals surface area contributed by atoms with Gasteiger partial charge in [-0.05, 0) is 43.5 Å². The SMILES string of the molecule is COCCCNC(=O)N1CCC[C@H]1c1nnc(C(=O)Nc2ccc(Cl)cc2)s1. The molecule has 28 heavy (non-hydrogen) atoms. The monoisotopic (exact) mass is 423 g/mol. The first-order valence-electron chi connectivity index (χ1n) is 9.02. The molecule has 0 saturated carbocycles. The number of anilines is 1. The Labute approximate surface area is 172 Å². The van der Waals surface area contributed by atoms with Gasteiger partial charge in [0, 0.05) is 37.5 Å². The average Bonchev–Trinajstić information content (AvgIpc) is 3.36. The number of nitrogens with one attached hydrogen (secondary N) is 2. The molecule has 0 aliphatic carbocycles. The van der Waals surface area contributed by atoms with Crippen molar-refractivity contribution < 1.29 is 14.3 Å². The van der Waals surface area contributed by atoms with E-state index >= 15 is 0 Å². The second kappa shape index (κ2) is 9.81. The molecule has 1 aromatic carbocycles. The van der Waals surface area contributed by atoms with Crippen molar-refractivity contribution in [2.24, 2.45) is 0 Å². The van der Waals surface area contributed by atoms with Crippen molar-refractivity contribution in [3.63, 3.8) is 0 Å². The zero-order valence-electron chi connectivity index (χ0n) is 15.5. The van der Waals surface area contributed by atoms with Gasteiger partial charge in [-0.2, -0.15) is 0 Å². The molecule has 10 heteroatoms. The highest BCUT2D eigenvalue weighted by Gasteiger charge is 2.33. The van der Waals surface area contributed by atoms with Crippen LogP contribution in [0.4, 0.5) is 10.5 Å². The van der Waals surface area contributed by atoms with E-state index in [0.29, 0.717) is 35.4 Å². The lowest BCUT2D eigenvalue weighted by atomic mass is 10.2. The fourth-order valence-corrected chi connectivity index (χ4v) is 3.97. The fraction of sp³-hybridized carbons (Fsp3) is 0.444. The Morgan fingerprint density at radius 2 is 2.11 bits per heavy atom. The maximum absolute atomic E-state index is 12.4. The number of rotatable bonds is 7. The van der Waals surface area contributed by atoms with E-state index in [1.807, 2.05) is 0 Å². The van der Waals surface area contributed by atoms with Gasteiger partial charge in [0.15, 0.2) is 0 Å². The van der Waals surface area contributed by atoms with Crippen LogP contribution < -0.4 is 10.6 Å². The van der Waals surface area contributed by atoms with Gasteiger partial charge < -0.3 is 20.3 Å². The fourth-order valence-electron chi connectivity index (χ4n) is 2.96. The van der Waals surface area contributed by atoms with Crippen molar-refractivity contribution >= 4 is 40.6 Å². The van der Waals surface area contributed by atoms with E-state index in [1.165, 1.54) is 11.3 Å². The molecule has 1 fully saturated rings. The van der Waals surface area contributed by atoms with Crippen molar-refractivity contribution in [2.45, 2.75) is 25.3 Å². The standard InChI is InChI=1S/C18H22ClN5O3S/c1-27-11-3-9-20-18(26)24-10-2-4-14(24)16-22-23-17(28-16)15(25)21-13-7-5-12(19)6-8-13/h5-8,14H,2-4,9-11H2,1H3,(H,20,26)(H,21,25)/t14-/m0/s1. The van der Waals surface area contributed by atoms with Gasteiger partial charge in [0.05, 0.1) is 6.04 Å². The largest absolute Gasteiger partial charge is 0.385 e. The molecular weight excluding hydrogens is 402 g/mol. The molecule has 2 heterocycles. The summed E-state index contributed by atoms with van der Waals surface area (Å²) in [6, 6.07) is 6.55. The summed E-state index contributed by atoms with van der Waals surface area (Å²) >= 11 is 7.06. The highest BCUT2D eigenvalue weighted by Crippen LogP contribution is 2.33. The van der Waals surface area contributed by atoms with Crippen molar-refractivity contribution in [1.82, 2.24) is 20.4 Å². The minimum atomic E-state index is -0.334. The number of likely N-dealkylation sites (tertiary alicyclic amines) is 1. The minimum Gasteiger partial charge on any atom is -0.385 e. The molecule has 3 rings (SSSR count). The zero-order chi connectivity index (χ0) is 19.9. The van der Waals surface area contributed by atoms with Gasteiger partial charge in [-0.1, -0.05) is 22.9 Å². The van der Waals surface area contributed by atoms with Gasteiger partial charge >= 0.3 is 6.03 Å². The van der Waals surface area contributed by atoms with E-state index in [9.17, 15) is 9.59 Å². The van der Waals surface area contributed by atoms with Crippen LogP contribution in [-0.2, 0) is 4.74 Å². The first kappa shape index (κ1) is 20.5.